The number of rotatable bonds is 9. The van der Waals surface area contributed by atoms with Crippen LogP contribution in [0.15, 0.2) is 0 Å². The summed E-state index contributed by atoms with van der Waals surface area (Å²) >= 11 is 2.87. The number of thioether (sulfide) groups is 2. The molecule has 0 amide bonds. The van der Waals surface area contributed by atoms with Gasteiger partial charge in [-0.15, -0.1) is 0 Å². The van der Waals surface area contributed by atoms with E-state index in [-0.39, 0.29) is 5.75 Å². The SMILES string of the molecule is COC(=O)C(CCSC)OC(=O)C(CSC)OC(C)=O. The van der Waals surface area contributed by atoms with Gasteiger partial charge in [0.05, 0.1) is 7.11 Å². The van der Waals surface area contributed by atoms with E-state index in [1.54, 1.807) is 6.26 Å². The molecule has 20 heavy (non-hydrogen) atoms. The van der Waals surface area contributed by atoms with Crippen LogP contribution in [0, 0.1) is 0 Å². The van der Waals surface area contributed by atoms with E-state index in [9.17, 15) is 14.4 Å². The number of esters is 3. The Morgan fingerprint density at radius 2 is 1.65 bits per heavy atom. The van der Waals surface area contributed by atoms with Gasteiger partial charge in [0, 0.05) is 19.1 Å². The van der Waals surface area contributed by atoms with Gasteiger partial charge in [-0.25, -0.2) is 9.59 Å². The van der Waals surface area contributed by atoms with E-state index in [1.165, 1.54) is 37.6 Å². The lowest BCUT2D eigenvalue weighted by Crippen LogP contribution is -2.37. The molecule has 116 valence electrons. The predicted octanol–water partition coefficient (Wildman–Crippen LogP) is 1.12. The fourth-order valence-electron chi connectivity index (χ4n) is 1.30. The molecule has 0 spiro atoms. The molecule has 2 atom stereocenters. The topological polar surface area (TPSA) is 78.9 Å². The normalized spacial score (nSPS) is 13.2. The number of carbonyl (C=O) groups is 3. The molecule has 0 heterocycles. The number of carbonyl (C=O) groups excluding carboxylic acids is 3. The number of ether oxygens (including phenoxy) is 3. The lowest BCUT2D eigenvalue weighted by atomic mass is 10.3. The first kappa shape index (κ1) is 19.1. The van der Waals surface area contributed by atoms with Crippen LogP contribution < -0.4 is 0 Å². The minimum Gasteiger partial charge on any atom is -0.466 e. The van der Waals surface area contributed by atoms with Crippen molar-refractivity contribution in [2.24, 2.45) is 0 Å². The lowest BCUT2D eigenvalue weighted by molar-refractivity contribution is -0.176. The summed E-state index contributed by atoms with van der Waals surface area (Å²) < 4.78 is 14.6. The number of hydrogen-bond donors (Lipinski definition) is 0. The largest absolute Gasteiger partial charge is 0.466 e. The molecule has 0 bridgehead atoms. The minimum absolute atomic E-state index is 0.273. The smallest absolute Gasteiger partial charge is 0.349 e. The van der Waals surface area contributed by atoms with Crippen molar-refractivity contribution in [2.45, 2.75) is 25.6 Å². The van der Waals surface area contributed by atoms with E-state index in [2.05, 4.69) is 4.74 Å². The Kier molecular flexibility index (Phi) is 10.4. The fraction of sp³-hybridized carbons (Fsp3) is 0.750. The first-order chi connectivity index (χ1) is 9.46. The fourth-order valence-corrected chi connectivity index (χ4v) is 2.26. The first-order valence-corrected chi connectivity index (χ1v) is 8.68. The summed E-state index contributed by atoms with van der Waals surface area (Å²) in [5, 5.41) is 0. The van der Waals surface area contributed by atoms with E-state index < -0.39 is 30.1 Å². The van der Waals surface area contributed by atoms with Crippen LogP contribution in [-0.4, -0.2) is 61.2 Å². The summed E-state index contributed by atoms with van der Waals surface area (Å²) in [6, 6.07) is 0. The Morgan fingerprint density at radius 1 is 1.00 bits per heavy atom. The molecule has 2 unspecified atom stereocenters. The number of hydrogen-bond acceptors (Lipinski definition) is 8. The zero-order chi connectivity index (χ0) is 15.5. The summed E-state index contributed by atoms with van der Waals surface area (Å²) in [6.45, 7) is 1.21. The summed E-state index contributed by atoms with van der Waals surface area (Å²) in [4.78, 5) is 34.4. The molecule has 0 N–H and O–H groups in total. The quantitative estimate of drug-likeness (QED) is 0.461. The highest BCUT2D eigenvalue weighted by molar-refractivity contribution is 7.98. The van der Waals surface area contributed by atoms with Gasteiger partial charge >= 0.3 is 17.9 Å². The van der Waals surface area contributed by atoms with Crippen LogP contribution >= 0.6 is 23.5 Å². The maximum absolute atomic E-state index is 11.9. The van der Waals surface area contributed by atoms with Crippen LogP contribution in [0.5, 0.6) is 0 Å². The second kappa shape index (κ2) is 10.8. The molecule has 0 aliphatic rings. The van der Waals surface area contributed by atoms with Crippen molar-refractivity contribution < 1.29 is 28.6 Å². The maximum Gasteiger partial charge on any atom is 0.349 e. The average Bonchev–Trinajstić information content (AvgIpc) is 2.41. The monoisotopic (exact) mass is 324 g/mol. The molecule has 0 aliphatic carbocycles. The van der Waals surface area contributed by atoms with Crippen molar-refractivity contribution in [3.05, 3.63) is 0 Å². The van der Waals surface area contributed by atoms with Gasteiger partial charge in [0.2, 0.25) is 6.10 Å². The van der Waals surface area contributed by atoms with Gasteiger partial charge in [-0.05, 0) is 18.3 Å². The van der Waals surface area contributed by atoms with Crippen molar-refractivity contribution in [1.82, 2.24) is 0 Å². The van der Waals surface area contributed by atoms with Crippen molar-refractivity contribution in [2.75, 3.05) is 31.1 Å². The van der Waals surface area contributed by atoms with Crippen LogP contribution in [0.1, 0.15) is 13.3 Å². The van der Waals surface area contributed by atoms with Crippen LogP contribution in [0.4, 0.5) is 0 Å². The van der Waals surface area contributed by atoms with Crippen molar-refractivity contribution >= 4 is 41.4 Å². The molecule has 0 fully saturated rings. The maximum atomic E-state index is 11.9. The molecule has 0 aliphatic heterocycles. The van der Waals surface area contributed by atoms with Crippen LogP contribution in [-0.2, 0) is 28.6 Å². The Bertz CT molecular complexity index is 334. The van der Waals surface area contributed by atoms with E-state index in [0.717, 1.165) is 0 Å². The molecule has 0 aromatic carbocycles. The molecule has 0 radical (unpaired) electrons. The summed E-state index contributed by atoms with van der Waals surface area (Å²) in [6.07, 6.45) is 2.02. The van der Waals surface area contributed by atoms with Crippen LogP contribution in [0.25, 0.3) is 0 Å². The number of methoxy groups -OCH3 is 1. The third-order valence-electron chi connectivity index (χ3n) is 2.20. The standard InChI is InChI=1S/C12H20O6S2/c1-8(13)17-10(7-20-4)12(15)18-9(5-6-19-3)11(14)16-2/h9-10H,5-7H2,1-4H3. The van der Waals surface area contributed by atoms with E-state index in [4.69, 9.17) is 9.47 Å². The molecule has 0 aromatic heterocycles. The van der Waals surface area contributed by atoms with E-state index in [1.807, 2.05) is 6.26 Å². The molecule has 0 saturated carbocycles. The summed E-state index contributed by atoms with van der Waals surface area (Å²) in [5.41, 5.74) is 0. The molecule has 0 saturated heterocycles. The highest BCUT2D eigenvalue weighted by Gasteiger charge is 2.29. The first-order valence-electron chi connectivity index (χ1n) is 5.89. The zero-order valence-corrected chi connectivity index (χ0v) is 13.7. The van der Waals surface area contributed by atoms with Gasteiger partial charge < -0.3 is 14.2 Å². The average molecular weight is 324 g/mol. The molecule has 6 nitrogen and oxygen atoms in total. The third-order valence-corrected chi connectivity index (χ3v) is 3.48. The van der Waals surface area contributed by atoms with Gasteiger partial charge in [-0.2, -0.15) is 23.5 Å². The van der Waals surface area contributed by atoms with E-state index in [0.29, 0.717) is 12.2 Å². The Morgan fingerprint density at radius 3 is 2.10 bits per heavy atom. The highest BCUT2D eigenvalue weighted by Crippen LogP contribution is 2.11. The van der Waals surface area contributed by atoms with Crippen LogP contribution in [0.3, 0.4) is 0 Å². The van der Waals surface area contributed by atoms with E-state index >= 15 is 0 Å². The molecule has 0 rings (SSSR count). The van der Waals surface area contributed by atoms with Crippen molar-refractivity contribution in [1.29, 1.82) is 0 Å². The highest BCUT2D eigenvalue weighted by atomic mass is 32.2. The Balaban J connectivity index is 4.67. The van der Waals surface area contributed by atoms with Gasteiger partial charge in [-0.1, -0.05) is 0 Å². The van der Waals surface area contributed by atoms with Crippen LogP contribution in [0.2, 0.25) is 0 Å². The third kappa shape index (κ3) is 7.64. The Hall–Kier alpha value is -0.890. The van der Waals surface area contributed by atoms with Gasteiger partial charge in [0.25, 0.3) is 0 Å². The molecular formula is C12H20O6S2. The minimum atomic E-state index is -1.01. The molecule has 0 aromatic rings. The second-order valence-electron chi connectivity index (χ2n) is 3.78. The van der Waals surface area contributed by atoms with Crippen molar-refractivity contribution in [3.8, 4) is 0 Å². The van der Waals surface area contributed by atoms with Gasteiger partial charge in [-0.3, -0.25) is 4.79 Å². The molecule has 8 heteroatoms. The lowest BCUT2D eigenvalue weighted by Gasteiger charge is -2.19. The summed E-state index contributed by atoms with van der Waals surface area (Å²) in [7, 11) is 1.23. The zero-order valence-electron chi connectivity index (χ0n) is 12.0. The Labute approximate surface area is 127 Å². The summed E-state index contributed by atoms with van der Waals surface area (Å²) in [5.74, 6) is -0.994. The predicted molar refractivity (Wildman–Crippen MR) is 78.8 cm³/mol. The van der Waals surface area contributed by atoms with Gasteiger partial charge in [0.1, 0.15) is 0 Å². The molecular weight excluding hydrogens is 304 g/mol. The van der Waals surface area contributed by atoms with Crippen molar-refractivity contribution in [3.63, 3.8) is 0 Å². The van der Waals surface area contributed by atoms with Gasteiger partial charge in [0.15, 0.2) is 6.10 Å². The second-order valence-corrected chi connectivity index (χ2v) is 5.68.